The minimum atomic E-state index is -5.38. The Kier molecular flexibility index (Phi) is 5.93. The molecule has 1 rings (SSSR count). The van der Waals surface area contributed by atoms with Crippen LogP contribution in [0.5, 0.6) is 0 Å². The monoisotopic (exact) mass is 335 g/mol. The van der Waals surface area contributed by atoms with E-state index in [-0.39, 0.29) is 18.0 Å². The zero-order valence-electron chi connectivity index (χ0n) is 11.9. The standard InChI is InChI=1S/C13H14F3N2O5/c1-2-23-11(20)12(21,13(14,15)16)7-10(19)17-8-3-5-9(18-22)6-4-8/h3-6,18,21H,2,7H2,1H3,(H,17,19)/q-1. The maximum Gasteiger partial charge on any atom is 0.428 e. The van der Waals surface area contributed by atoms with Crippen LogP contribution in [-0.4, -0.2) is 35.4 Å². The molecule has 0 aliphatic rings. The second kappa shape index (κ2) is 7.29. The van der Waals surface area contributed by atoms with E-state index < -0.39 is 30.1 Å². The van der Waals surface area contributed by atoms with E-state index in [4.69, 9.17) is 0 Å². The highest BCUT2D eigenvalue weighted by atomic mass is 19.4. The van der Waals surface area contributed by atoms with Gasteiger partial charge >= 0.3 is 12.1 Å². The number of aliphatic hydroxyl groups is 1. The molecule has 0 aliphatic carbocycles. The molecule has 1 atom stereocenters. The summed E-state index contributed by atoms with van der Waals surface area (Å²) in [4.78, 5) is 23.0. The van der Waals surface area contributed by atoms with E-state index in [9.17, 15) is 33.1 Å². The minimum absolute atomic E-state index is 0.0855. The molecule has 0 saturated heterocycles. The molecule has 0 bridgehead atoms. The summed E-state index contributed by atoms with van der Waals surface area (Å²) in [6.07, 6.45) is -6.94. The third kappa shape index (κ3) is 4.57. The summed E-state index contributed by atoms with van der Waals surface area (Å²) in [5, 5.41) is 22.0. The van der Waals surface area contributed by atoms with Crippen LogP contribution in [0.15, 0.2) is 24.3 Å². The first-order chi connectivity index (χ1) is 10.6. The van der Waals surface area contributed by atoms with Crippen LogP contribution in [0, 0.1) is 5.21 Å². The fourth-order valence-electron chi connectivity index (χ4n) is 1.60. The SMILES string of the molecule is CCOC(=O)C(O)(CC(=O)Nc1ccc(N[O-])cc1)C(F)(F)F. The molecule has 128 valence electrons. The van der Waals surface area contributed by atoms with E-state index in [1.807, 2.05) is 0 Å². The number of carbonyl (C=O) groups excluding carboxylic acids is 2. The molecule has 7 nitrogen and oxygen atoms in total. The Balaban J connectivity index is 2.86. The Morgan fingerprint density at radius 3 is 2.17 bits per heavy atom. The lowest BCUT2D eigenvalue weighted by Crippen LogP contribution is -2.54. The fraction of sp³-hybridized carbons (Fsp3) is 0.385. The van der Waals surface area contributed by atoms with Crippen molar-refractivity contribution in [3.63, 3.8) is 0 Å². The van der Waals surface area contributed by atoms with Crippen LogP contribution in [-0.2, 0) is 14.3 Å². The van der Waals surface area contributed by atoms with Crippen molar-refractivity contribution in [1.29, 1.82) is 0 Å². The van der Waals surface area contributed by atoms with Gasteiger partial charge in [0.1, 0.15) is 0 Å². The number of esters is 1. The zero-order chi connectivity index (χ0) is 17.7. The third-order valence-electron chi connectivity index (χ3n) is 2.78. The molecule has 10 heteroatoms. The fourth-order valence-corrected chi connectivity index (χ4v) is 1.60. The number of amides is 1. The van der Waals surface area contributed by atoms with E-state index in [1.165, 1.54) is 31.2 Å². The number of hydrogen-bond acceptors (Lipinski definition) is 6. The molecule has 0 aromatic heterocycles. The summed E-state index contributed by atoms with van der Waals surface area (Å²) < 4.78 is 42.9. The van der Waals surface area contributed by atoms with Gasteiger partial charge in [-0.2, -0.15) is 13.2 Å². The van der Waals surface area contributed by atoms with Crippen molar-refractivity contribution in [1.82, 2.24) is 0 Å². The number of halogens is 3. The number of anilines is 2. The minimum Gasteiger partial charge on any atom is -0.761 e. The highest BCUT2D eigenvalue weighted by Crippen LogP contribution is 2.34. The summed E-state index contributed by atoms with van der Waals surface area (Å²) in [6, 6.07) is 5.08. The number of alkyl halides is 3. The molecule has 1 amide bonds. The van der Waals surface area contributed by atoms with Crippen LogP contribution in [0.4, 0.5) is 24.5 Å². The first kappa shape index (κ1) is 18.7. The van der Waals surface area contributed by atoms with Gasteiger partial charge in [0, 0.05) is 11.4 Å². The van der Waals surface area contributed by atoms with E-state index >= 15 is 0 Å². The van der Waals surface area contributed by atoms with E-state index in [0.717, 1.165) is 0 Å². The van der Waals surface area contributed by atoms with Gasteiger partial charge in [-0.3, -0.25) is 4.79 Å². The van der Waals surface area contributed by atoms with Crippen molar-refractivity contribution in [2.75, 3.05) is 17.4 Å². The van der Waals surface area contributed by atoms with Gasteiger partial charge in [-0.25, -0.2) is 4.79 Å². The Hall–Kier alpha value is -2.33. The van der Waals surface area contributed by atoms with Crippen LogP contribution >= 0.6 is 0 Å². The molecule has 0 heterocycles. The molecule has 0 aliphatic heterocycles. The molecule has 1 aromatic rings. The average Bonchev–Trinajstić information content (AvgIpc) is 2.46. The maximum atomic E-state index is 12.9. The van der Waals surface area contributed by atoms with Gasteiger partial charge in [0.25, 0.3) is 5.60 Å². The molecular weight excluding hydrogens is 321 g/mol. The van der Waals surface area contributed by atoms with Crippen molar-refractivity contribution >= 4 is 23.3 Å². The number of ether oxygens (including phenoxy) is 1. The first-order valence-electron chi connectivity index (χ1n) is 6.38. The highest BCUT2D eigenvalue weighted by Gasteiger charge is 2.61. The topological polar surface area (TPSA) is 111 Å². The van der Waals surface area contributed by atoms with Crippen molar-refractivity contribution in [2.24, 2.45) is 0 Å². The Bertz CT molecular complexity index is 562. The second-order valence-electron chi connectivity index (χ2n) is 4.48. The predicted octanol–water partition coefficient (Wildman–Crippen LogP) is 1.78. The van der Waals surface area contributed by atoms with Crippen LogP contribution in [0.25, 0.3) is 0 Å². The van der Waals surface area contributed by atoms with Crippen molar-refractivity contribution in [3.8, 4) is 0 Å². The van der Waals surface area contributed by atoms with Crippen molar-refractivity contribution in [3.05, 3.63) is 29.5 Å². The van der Waals surface area contributed by atoms with Crippen LogP contribution in [0.1, 0.15) is 13.3 Å². The largest absolute Gasteiger partial charge is 0.761 e. The number of carbonyl (C=O) groups is 2. The lowest BCUT2D eigenvalue weighted by atomic mass is 9.98. The lowest BCUT2D eigenvalue weighted by Gasteiger charge is -2.27. The highest BCUT2D eigenvalue weighted by molar-refractivity contribution is 5.96. The van der Waals surface area contributed by atoms with E-state index in [1.54, 1.807) is 5.48 Å². The molecule has 0 fully saturated rings. The molecular formula is C13H14F3N2O5-. The van der Waals surface area contributed by atoms with Gasteiger partial charge in [0.05, 0.1) is 13.0 Å². The summed E-state index contributed by atoms with van der Waals surface area (Å²) in [6.45, 7) is 0.878. The second-order valence-corrected chi connectivity index (χ2v) is 4.48. The smallest absolute Gasteiger partial charge is 0.428 e. The predicted molar refractivity (Wildman–Crippen MR) is 74.3 cm³/mol. The number of rotatable bonds is 6. The molecule has 3 N–H and O–H groups in total. The molecule has 1 unspecified atom stereocenters. The average molecular weight is 335 g/mol. The normalized spacial score (nSPS) is 13.8. The van der Waals surface area contributed by atoms with Gasteiger partial charge in [-0.15, -0.1) is 0 Å². The van der Waals surface area contributed by atoms with E-state index in [0.29, 0.717) is 0 Å². The van der Waals surface area contributed by atoms with Crippen LogP contribution < -0.4 is 10.8 Å². The van der Waals surface area contributed by atoms with Gasteiger partial charge in [-0.05, 0) is 31.2 Å². The number of hydrogen-bond donors (Lipinski definition) is 3. The summed E-state index contributed by atoms with van der Waals surface area (Å²) in [5.74, 6) is -3.20. The van der Waals surface area contributed by atoms with Crippen molar-refractivity contribution in [2.45, 2.75) is 25.1 Å². The summed E-state index contributed by atoms with van der Waals surface area (Å²) in [5.41, 5.74) is -2.09. The number of nitrogens with one attached hydrogen (secondary N) is 2. The summed E-state index contributed by atoms with van der Waals surface area (Å²) in [7, 11) is 0. The summed E-state index contributed by atoms with van der Waals surface area (Å²) >= 11 is 0. The lowest BCUT2D eigenvalue weighted by molar-refractivity contribution is -0.262. The Labute approximate surface area is 129 Å². The quantitative estimate of drug-likeness (QED) is 0.540. The zero-order valence-corrected chi connectivity index (χ0v) is 11.9. The maximum absolute atomic E-state index is 12.9. The Morgan fingerprint density at radius 1 is 1.22 bits per heavy atom. The van der Waals surface area contributed by atoms with Gasteiger partial charge in [0.2, 0.25) is 5.91 Å². The van der Waals surface area contributed by atoms with Gasteiger partial charge in [0.15, 0.2) is 0 Å². The van der Waals surface area contributed by atoms with Crippen LogP contribution in [0.2, 0.25) is 0 Å². The van der Waals surface area contributed by atoms with Gasteiger partial charge < -0.3 is 25.8 Å². The van der Waals surface area contributed by atoms with Crippen molar-refractivity contribution < 1.29 is 32.6 Å². The molecule has 0 radical (unpaired) electrons. The number of benzene rings is 1. The Morgan fingerprint density at radius 2 is 1.74 bits per heavy atom. The third-order valence-corrected chi connectivity index (χ3v) is 2.78. The van der Waals surface area contributed by atoms with Crippen LogP contribution in [0.3, 0.4) is 0 Å². The van der Waals surface area contributed by atoms with Gasteiger partial charge in [-0.1, -0.05) is 0 Å². The molecule has 0 spiro atoms. The molecule has 1 aromatic carbocycles. The molecule has 23 heavy (non-hydrogen) atoms. The molecule has 0 saturated carbocycles. The van der Waals surface area contributed by atoms with E-state index in [2.05, 4.69) is 10.1 Å². The first-order valence-corrected chi connectivity index (χ1v) is 6.38.